The van der Waals surface area contributed by atoms with E-state index in [0.717, 1.165) is 36.2 Å². The Hall–Kier alpha value is -1.15. The first kappa shape index (κ1) is 15.9. The van der Waals surface area contributed by atoms with E-state index in [9.17, 15) is 4.79 Å². The second kappa shape index (κ2) is 7.44. The van der Waals surface area contributed by atoms with Gasteiger partial charge in [0.25, 0.3) is 0 Å². The van der Waals surface area contributed by atoms with Gasteiger partial charge in [-0.05, 0) is 51.9 Å². The molecule has 0 fully saturated rings. The van der Waals surface area contributed by atoms with E-state index in [1.54, 1.807) is 0 Å². The van der Waals surface area contributed by atoms with Crippen LogP contribution in [0.4, 0.5) is 0 Å². The molecule has 0 amide bonds. The van der Waals surface area contributed by atoms with Crippen molar-refractivity contribution in [1.29, 1.82) is 0 Å². The van der Waals surface area contributed by atoms with Gasteiger partial charge in [-0.2, -0.15) is 0 Å². The third-order valence-corrected chi connectivity index (χ3v) is 3.79. The normalized spacial score (nSPS) is 12.7. The van der Waals surface area contributed by atoms with E-state index in [1.807, 2.05) is 32.9 Å². The van der Waals surface area contributed by atoms with Crippen molar-refractivity contribution in [1.82, 2.24) is 4.90 Å². The number of carbonyl (C=O) groups excluding carboxylic acids is 1. The standard InChI is InChI=1S/C17H27NO/c1-6-8-11-18(7-2)15(5)17(19)16-12-13(3)9-10-14(16)4/h9-10,12,15H,6-8,11H2,1-5H3. The van der Waals surface area contributed by atoms with Gasteiger partial charge in [0.05, 0.1) is 6.04 Å². The summed E-state index contributed by atoms with van der Waals surface area (Å²) in [7, 11) is 0. The average Bonchev–Trinajstić information content (AvgIpc) is 2.41. The Bertz CT molecular complexity index is 425. The van der Waals surface area contributed by atoms with Gasteiger partial charge in [0.2, 0.25) is 0 Å². The number of Topliss-reactive ketones (excluding diaryl/α,β-unsaturated/α-hetero) is 1. The van der Waals surface area contributed by atoms with Gasteiger partial charge in [-0.3, -0.25) is 9.69 Å². The molecule has 19 heavy (non-hydrogen) atoms. The van der Waals surface area contributed by atoms with Crippen LogP contribution in [0, 0.1) is 13.8 Å². The maximum absolute atomic E-state index is 12.6. The van der Waals surface area contributed by atoms with Gasteiger partial charge in [0, 0.05) is 5.56 Å². The summed E-state index contributed by atoms with van der Waals surface area (Å²) >= 11 is 0. The highest BCUT2D eigenvalue weighted by Gasteiger charge is 2.22. The highest BCUT2D eigenvalue weighted by molar-refractivity contribution is 6.01. The zero-order valence-electron chi connectivity index (χ0n) is 13.0. The molecule has 1 aromatic rings. The van der Waals surface area contributed by atoms with Crippen molar-refractivity contribution in [2.45, 2.75) is 53.5 Å². The van der Waals surface area contributed by atoms with Crippen LogP contribution in [-0.4, -0.2) is 29.8 Å². The topological polar surface area (TPSA) is 20.3 Å². The second-order valence-corrected chi connectivity index (χ2v) is 5.34. The van der Waals surface area contributed by atoms with Crippen molar-refractivity contribution >= 4 is 5.78 Å². The first-order chi connectivity index (χ1) is 9.01. The van der Waals surface area contributed by atoms with Crippen molar-refractivity contribution in [3.63, 3.8) is 0 Å². The molecule has 0 aliphatic rings. The number of hydrogen-bond donors (Lipinski definition) is 0. The number of carbonyl (C=O) groups is 1. The third kappa shape index (κ3) is 4.17. The van der Waals surface area contributed by atoms with E-state index in [1.165, 1.54) is 6.42 Å². The SMILES string of the molecule is CCCCN(CC)C(C)C(=O)c1cc(C)ccc1C. The molecular formula is C17H27NO. The van der Waals surface area contributed by atoms with E-state index in [2.05, 4.69) is 24.8 Å². The predicted molar refractivity (Wildman–Crippen MR) is 81.9 cm³/mol. The minimum Gasteiger partial charge on any atom is -0.294 e. The highest BCUT2D eigenvalue weighted by atomic mass is 16.1. The molecule has 2 heteroatoms. The Morgan fingerprint density at radius 2 is 1.95 bits per heavy atom. The van der Waals surface area contributed by atoms with Crippen LogP contribution in [0.2, 0.25) is 0 Å². The van der Waals surface area contributed by atoms with Crippen molar-refractivity contribution in [3.05, 3.63) is 34.9 Å². The largest absolute Gasteiger partial charge is 0.294 e. The minimum atomic E-state index is -0.0305. The Kier molecular flexibility index (Phi) is 6.23. The molecule has 0 N–H and O–H groups in total. The van der Waals surface area contributed by atoms with Gasteiger partial charge in [0.15, 0.2) is 5.78 Å². The molecule has 2 nitrogen and oxygen atoms in total. The lowest BCUT2D eigenvalue weighted by atomic mass is 9.97. The van der Waals surface area contributed by atoms with Crippen molar-refractivity contribution in [2.75, 3.05) is 13.1 Å². The number of ketones is 1. The molecule has 1 rings (SSSR count). The molecule has 0 aliphatic heterocycles. The molecule has 0 radical (unpaired) electrons. The average molecular weight is 261 g/mol. The van der Waals surface area contributed by atoms with E-state index in [0.29, 0.717) is 0 Å². The molecule has 1 aromatic carbocycles. The number of rotatable bonds is 7. The molecule has 0 saturated heterocycles. The van der Waals surface area contributed by atoms with Crippen LogP contribution in [0.15, 0.2) is 18.2 Å². The van der Waals surface area contributed by atoms with Crippen LogP contribution in [0.3, 0.4) is 0 Å². The van der Waals surface area contributed by atoms with Crippen LogP contribution < -0.4 is 0 Å². The van der Waals surface area contributed by atoms with E-state index in [4.69, 9.17) is 0 Å². The van der Waals surface area contributed by atoms with Gasteiger partial charge in [-0.15, -0.1) is 0 Å². The number of nitrogens with zero attached hydrogens (tertiary/aromatic N) is 1. The van der Waals surface area contributed by atoms with Crippen molar-refractivity contribution in [3.8, 4) is 0 Å². The van der Waals surface area contributed by atoms with Crippen LogP contribution in [0.5, 0.6) is 0 Å². The fourth-order valence-corrected chi connectivity index (χ4v) is 2.38. The Labute approximate surface area is 117 Å². The quantitative estimate of drug-likeness (QED) is 0.692. The number of likely N-dealkylation sites (N-methyl/N-ethyl adjacent to an activating group) is 1. The molecule has 0 saturated carbocycles. The van der Waals surface area contributed by atoms with Gasteiger partial charge >= 0.3 is 0 Å². The summed E-state index contributed by atoms with van der Waals surface area (Å²) in [5, 5.41) is 0. The first-order valence-electron chi connectivity index (χ1n) is 7.36. The van der Waals surface area contributed by atoms with Crippen LogP contribution in [0.25, 0.3) is 0 Å². The highest BCUT2D eigenvalue weighted by Crippen LogP contribution is 2.16. The zero-order chi connectivity index (χ0) is 14.4. The molecule has 0 aliphatic carbocycles. The van der Waals surface area contributed by atoms with Gasteiger partial charge in [-0.1, -0.05) is 38.0 Å². The molecule has 1 atom stereocenters. The van der Waals surface area contributed by atoms with Crippen LogP contribution >= 0.6 is 0 Å². The lowest BCUT2D eigenvalue weighted by Crippen LogP contribution is -2.39. The maximum Gasteiger partial charge on any atom is 0.179 e. The van der Waals surface area contributed by atoms with E-state index >= 15 is 0 Å². The Morgan fingerprint density at radius 3 is 2.53 bits per heavy atom. The van der Waals surface area contributed by atoms with Crippen LogP contribution in [-0.2, 0) is 0 Å². The summed E-state index contributed by atoms with van der Waals surface area (Å²) in [5.41, 5.74) is 3.11. The molecule has 106 valence electrons. The molecular weight excluding hydrogens is 234 g/mol. The number of unbranched alkanes of at least 4 members (excludes halogenated alkanes) is 1. The lowest BCUT2D eigenvalue weighted by molar-refractivity contribution is 0.0842. The molecule has 0 bridgehead atoms. The fraction of sp³-hybridized carbons (Fsp3) is 0.588. The summed E-state index contributed by atoms with van der Waals surface area (Å²) in [5.74, 6) is 0.249. The molecule has 0 aromatic heterocycles. The van der Waals surface area contributed by atoms with E-state index < -0.39 is 0 Å². The van der Waals surface area contributed by atoms with Gasteiger partial charge in [-0.25, -0.2) is 0 Å². The predicted octanol–water partition coefficient (Wildman–Crippen LogP) is 4.00. The van der Waals surface area contributed by atoms with Crippen molar-refractivity contribution in [2.24, 2.45) is 0 Å². The Morgan fingerprint density at radius 1 is 1.26 bits per heavy atom. The second-order valence-electron chi connectivity index (χ2n) is 5.34. The van der Waals surface area contributed by atoms with Gasteiger partial charge in [0.1, 0.15) is 0 Å². The molecule has 1 unspecified atom stereocenters. The smallest absolute Gasteiger partial charge is 0.179 e. The number of aryl methyl sites for hydroxylation is 2. The van der Waals surface area contributed by atoms with Crippen molar-refractivity contribution < 1.29 is 4.79 Å². The summed E-state index contributed by atoms with van der Waals surface area (Å²) in [6.07, 6.45) is 2.32. The van der Waals surface area contributed by atoms with Gasteiger partial charge < -0.3 is 0 Å². The Balaban J connectivity index is 2.88. The molecule has 0 spiro atoms. The summed E-state index contributed by atoms with van der Waals surface area (Å²) in [4.78, 5) is 14.9. The number of benzene rings is 1. The summed E-state index contributed by atoms with van der Waals surface area (Å²) < 4.78 is 0. The maximum atomic E-state index is 12.6. The zero-order valence-corrected chi connectivity index (χ0v) is 13.0. The van der Waals surface area contributed by atoms with Crippen LogP contribution in [0.1, 0.15) is 55.1 Å². The first-order valence-corrected chi connectivity index (χ1v) is 7.36. The summed E-state index contributed by atoms with van der Waals surface area (Å²) in [6, 6.07) is 6.09. The lowest BCUT2D eigenvalue weighted by Gasteiger charge is -2.27. The third-order valence-electron chi connectivity index (χ3n) is 3.79. The minimum absolute atomic E-state index is 0.0305. The molecule has 0 heterocycles. The monoisotopic (exact) mass is 261 g/mol. The van der Waals surface area contributed by atoms with E-state index in [-0.39, 0.29) is 11.8 Å². The fourth-order valence-electron chi connectivity index (χ4n) is 2.38. The number of hydrogen-bond acceptors (Lipinski definition) is 2. The summed E-state index contributed by atoms with van der Waals surface area (Å²) in [6.45, 7) is 12.3.